The third kappa shape index (κ3) is 12.9. The summed E-state index contributed by atoms with van der Waals surface area (Å²) >= 11 is 0. The third-order valence-electron chi connectivity index (χ3n) is 2.21. The molecule has 5 nitrogen and oxygen atoms in total. The zero-order valence-electron chi connectivity index (χ0n) is 11.2. The number of nitrogens with zero attached hydrogens (tertiary/aromatic N) is 1. The molecular formula is C13H23NO4. The Labute approximate surface area is 109 Å². The van der Waals surface area contributed by atoms with Crippen LogP contribution in [0.25, 0.3) is 0 Å². The van der Waals surface area contributed by atoms with Crippen molar-refractivity contribution < 1.29 is 19.0 Å². The molecule has 0 aromatic carbocycles. The number of unbranched alkanes of at least 4 members (excludes halogenated alkanes) is 2. The van der Waals surface area contributed by atoms with E-state index >= 15 is 0 Å². The first kappa shape index (κ1) is 16.9. The number of carbonyl (C=O) groups excluding carboxylic acids is 1. The summed E-state index contributed by atoms with van der Waals surface area (Å²) in [5.74, 6) is -0.155. The fraction of sp³-hybridized carbons (Fsp3) is 0.846. The second-order valence-corrected chi connectivity index (χ2v) is 3.81. The van der Waals surface area contributed by atoms with Crippen LogP contribution in [-0.4, -0.2) is 39.0 Å². The lowest BCUT2D eigenvalue weighted by Crippen LogP contribution is -2.12. The lowest BCUT2D eigenvalue weighted by atomic mass is 10.2. The van der Waals surface area contributed by atoms with Crippen molar-refractivity contribution in [3.8, 4) is 6.07 Å². The van der Waals surface area contributed by atoms with Gasteiger partial charge in [0.15, 0.2) is 0 Å². The van der Waals surface area contributed by atoms with Crippen LogP contribution in [0.2, 0.25) is 0 Å². The van der Waals surface area contributed by atoms with Gasteiger partial charge in [-0.25, -0.2) is 0 Å². The maximum atomic E-state index is 11.2. The molecule has 18 heavy (non-hydrogen) atoms. The Morgan fingerprint density at radius 3 is 2.39 bits per heavy atom. The van der Waals surface area contributed by atoms with Crippen LogP contribution in [0.5, 0.6) is 0 Å². The van der Waals surface area contributed by atoms with Crippen LogP contribution in [0.4, 0.5) is 0 Å². The van der Waals surface area contributed by atoms with Gasteiger partial charge in [-0.15, -0.1) is 0 Å². The van der Waals surface area contributed by atoms with Gasteiger partial charge in [-0.1, -0.05) is 19.8 Å². The highest BCUT2D eigenvalue weighted by Gasteiger charge is 2.01. The molecule has 0 aliphatic heterocycles. The fourth-order valence-electron chi connectivity index (χ4n) is 1.25. The summed E-state index contributed by atoms with van der Waals surface area (Å²) in [5, 5.41) is 8.26. The molecular weight excluding hydrogens is 234 g/mol. The van der Waals surface area contributed by atoms with E-state index in [1.807, 2.05) is 6.07 Å². The lowest BCUT2D eigenvalue weighted by molar-refractivity contribution is -0.145. The van der Waals surface area contributed by atoms with Crippen molar-refractivity contribution in [1.82, 2.24) is 0 Å². The smallest absolute Gasteiger partial charge is 0.305 e. The summed E-state index contributed by atoms with van der Waals surface area (Å²) in [6.07, 6.45) is 3.94. The minimum absolute atomic E-state index is 0.155. The van der Waals surface area contributed by atoms with Crippen LogP contribution >= 0.6 is 0 Å². The van der Waals surface area contributed by atoms with E-state index in [9.17, 15) is 4.79 Å². The summed E-state index contributed by atoms with van der Waals surface area (Å²) in [4.78, 5) is 11.2. The Morgan fingerprint density at radius 2 is 1.72 bits per heavy atom. The van der Waals surface area contributed by atoms with Crippen LogP contribution in [0.1, 0.15) is 39.0 Å². The van der Waals surface area contributed by atoms with Gasteiger partial charge in [-0.2, -0.15) is 5.26 Å². The van der Waals surface area contributed by atoms with Crippen molar-refractivity contribution in [2.24, 2.45) is 0 Å². The molecule has 0 heterocycles. The largest absolute Gasteiger partial charge is 0.463 e. The lowest BCUT2D eigenvalue weighted by Gasteiger charge is -2.06. The molecule has 0 aromatic rings. The topological polar surface area (TPSA) is 68.6 Å². The van der Waals surface area contributed by atoms with Crippen molar-refractivity contribution in [3.05, 3.63) is 0 Å². The van der Waals surface area contributed by atoms with Crippen LogP contribution in [0, 0.1) is 11.3 Å². The molecule has 0 fully saturated rings. The van der Waals surface area contributed by atoms with E-state index in [-0.39, 0.29) is 5.97 Å². The van der Waals surface area contributed by atoms with Crippen molar-refractivity contribution in [2.45, 2.75) is 39.0 Å². The molecule has 0 aliphatic rings. The Bertz CT molecular complexity index is 238. The number of rotatable bonds is 12. The standard InChI is InChI=1S/C13H23NO4/c1-2-3-4-6-13(15)18-12-11-17-10-9-16-8-5-7-14/h2-6,8-12H2,1H3. The molecule has 0 bridgehead atoms. The highest BCUT2D eigenvalue weighted by atomic mass is 16.6. The number of hydrogen-bond donors (Lipinski definition) is 0. The minimum Gasteiger partial charge on any atom is -0.463 e. The molecule has 0 aromatic heterocycles. The van der Waals surface area contributed by atoms with Crippen molar-refractivity contribution in [3.63, 3.8) is 0 Å². The average Bonchev–Trinajstić information content (AvgIpc) is 2.37. The Hall–Kier alpha value is -1.12. The molecule has 0 N–H and O–H groups in total. The third-order valence-corrected chi connectivity index (χ3v) is 2.21. The summed E-state index contributed by atoms with van der Waals surface area (Å²) in [6.45, 7) is 4.14. The molecule has 0 atom stereocenters. The zero-order valence-corrected chi connectivity index (χ0v) is 11.2. The molecule has 0 aliphatic carbocycles. The maximum absolute atomic E-state index is 11.2. The van der Waals surface area contributed by atoms with E-state index in [1.54, 1.807) is 0 Å². The van der Waals surface area contributed by atoms with Crippen molar-refractivity contribution >= 4 is 5.97 Å². The van der Waals surface area contributed by atoms with Gasteiger partial charge in [0.05, 0.1) is 38.9 Å². The molecule has 0 unspecified atom stereocenters. The van der Waals surface area contributed by atoms with E-state index in [0.717, 1.165) is 19.3 Å². The molecule has 0 amide bonds. The highest BCUT2D eigenvalue weighted by molar-refractivity contribution is 5.69. The van der Waals surface area contributed by atoms with Gasteiger partial charge in [0.1, 0.15) is 6.61 Å². The van der Waals surface area contributed by atoms with Gasteiger partial charge in [-0.3, -0.25) is 4.79 Å². The molecule has 0 radical (unpaired) electrons. The summed E-state index contributed by atoms with van der Waals surface area (Å²) in [7, 11) is 0. The van der Waals surface area contributed by atoms with Crippen molar-refractivity contribution in [2.75, 3.05) is 33.0 Å². The summed E-state index contributed by atoms with van der Waals surface area (Å²) < 4.78 is 15.3. The first-order chi connectivity index (χ1) is 8.81. The fourth-order valence-corrected chi connectivity index (χ4v) is 1.25. The summed E-state index contributed by atoms with van der Waals surface area (Å²) in [5.41, 5.74) is 0. The molecule has 0 spiro atoms. The molecule has 5 heteroatoms. The van der Waals surface area contributed by atoms with Crippen LogP contribution < -0.4 is 0 Å². The van der Waals surface area contributed by atoms with E-state index in [4.69, 9.17) is 19.5 Å². The molecule has 0 rings (SSSR count). The number of carbonyl (C=O) groups is 1. The van der Waals surface area contributed by atoms with Gasteiger partial charge in [0.2, 0.25) is 0 Å². The molecule has 0 saturated heterocycles. The minimum atomic E-state index is -0.155. The number of esters is 1. The maximum Gasteiger partial charge on any atom is 0.305 e. The number of hydrogen-bond acceptors (Lipinski definition) is 5. The van der Waals surface area contributed by atoms with Gasteiger partial charge in [-0.05, 0) is 6.42 Å². The van der Waals surface area contributed by atoms with Gasteiger partial charge < -0.3 is 14.2 Å². The number of nitriles is 1. The molecule has 104 valence electrons. The predicted molar refractivity (Wildman–Crippen MR) is 67.0 cm³/mol. The quantitative estimate of drug-likeness (QED) is 0.395. The Morgan fingerprint density at radius 1 is 1.06 bits per heavy atom. The van der Waals surface area contributed by atoms with Gasteiger partial charge >= 0.3 is 5.97 Å². The van der Waals surface area contributed by atoms with Gasteiger partial charge in [0, 0.05) is 6.42 Å². The first-order valence-corrected chi connectivity index (χ1v) is 6.49. The monoisotopic (exact) mass is 257 g/mol. The second-order valence-electron chi connectivity index (χ2n) is 3.81. The molecule has 0 saturated carbocycles. The summed E-state index contributed by atoms with van der Waals surface area (Å²) in [6, 6.07) is 1.99. The highest BCUT2D eigenvalue weighted by Crippen LogP contribution is 2.00. The van der Waals surface area contributed by atoms with Crippen LogP contribution in [0.15, 0.2) is 0 Å². The second kappa shape index (κ2) is 13.9. The van der Waals surface area contributed by atoms with E-state index in [2.05, 4.69) is 6.92 Å². The van der Waals surface area contributed by atoms with E-state index < -0.39 is 0 Å². The first-order valence-electron chi connectivity index (χ1n) is 6.49. The van der Waals surface area contributed by atoms with Gasteiger partial charge in [0.25, 0.3) is 0 Å². The Kier molecular flexibility index (Phi) is 13.1. The SMILES string of the molecule is CCCCCC(=O)OCCOCCOCCC#N. The normalized spacial score (nSPS) is 10.0. The van der Waals surface area contributed by atoms with Crippen LogP contribution in [-0.2, 0) is 19.0 Å². The average molecular weight is 257 g/mol. The van der Waals surface area contributed by atoms with Crippen LogP contribution in [0.3, 0.4) is 0 Å². The van der Waals surface area contributed by atoms with E-state index in [1.165, 1.54) is 0 Å². The Balaban J connectivity index is 3.10. The predicted octanol–water partition coefficient (Wildman–Crippen LogP) is 2.06. The van der Waals surface area contributed by atoms with Crippen molar-refractivity contribution in [1.29, 1.82) is 5.26 Å². The van der Waals surface area contributed by atoms with E-state index in [0.29, 0.717) is 45.9 Å². The zero-order chi connectivity index (χ0) is 13.5. The number of ether oxygens (including phenoxy) is 3.